The molecule has 2 fully saturated rings. The molecule has 0 atom stereocenters. The third-order valence-electron chi connectivity index (χ3n) is 7.24. The fraction of sp³-hybridized carbons (Fsp3) is 0.481. The molecule has 8 heteroatoms. The number of ether oxygens (including phenoxy) is 1. The zero-order chi connectivity index (χ0) is 24.2. The Hall–Kier alpha value is -3.60. The van der Waals surface area contributed by atoms with Crippen molar-refractivity contribution in [2.45, 2.75) is 63.8 Å². The van der Waals surface area contributed by atoms with E-state index >= 15 is 0 Å². The summed E-state index contributed by atoms with van der Waals surface area (Å²) in [6.45, 7) is 0. The van der Waals surface area contributed by atoms with E-state index in [0.717, 1.165) is 55.6 Å². The Bertz CT molecular complexity index is 1260. The Morgan fingerprint density at radius 1 is 1.11 bits per heavy atom. The zero-order valence-corrected chi connectivity index (χ0v) is 20.2. The van der Waals surface area contributed by atoms with E-state index in [-0.39, 0.29) is 17.9 Å². The summed E-state index contributed by atoms with van der Waals surface area (Å²) in [7, 11) is 1.62. The van der Waals surface area contributed by atoms with Crippen LogP contribution in [-0.4, -0.2) is 32.5 Å². The Balaban J connectivity index is 1.26. The minimum Gasteiger partial charge on any atom is -0.497 e. The highest BCUT2D eigenvalue weighted by Crippen LogP contribution is 2.35. The van der Waals surface area contributed by atoms with Crippen LogP contribution in [0, 0.1) is 23.7 Å². The number of nitrogens with zero attached hydrogens (tertiary/aromatic N) is 4. The van der Waals surface area contributed by atoms with Crippen molar-refractivity contribution >= 4 is 28.6 Å². The summed E-state index contributed by atoms with van der Waals surface area (Å²) in [4.78, 5) is 26.4. The number of rotatable bonds is 4. The molecule has 2 saturated carbocycles. The molecule has 0 aliphatic heterocycles. The lowest BCUT2D eigenvalue weighted by Gasteiger charge is -2.28. The summed E-state index contributed by atoms with van der Waals surface area (Å²) in [5.74, 6) is 8.53. The Morgan fingerprint density at radius 2 is 1.91 bits per heavy atom. The highest BCUT2D eigenvalue weighted by Gasteiger charge is 2.28. The number of benzene rings is 1. The summed E-state index contributed by atoms with van der Waals surface area (Å²) in [5, 5.41) is 3.03. The average Bonchev–Trinajstić information content (AvgIpc) is 3.33. The molecule has 3 aromatic rings. The smallest absolute Gasteiger partial charge is 0.227 e. The van der Waals surface area contributed by atoms with Crippen molar-refractivity contribution in [1.29, 1.82) is 0 Å². The number of hydrogen-bond acceptors (Lipinski definition) is 6. The van der Waals surface area contributed by atoms with Gasteiger partial charge in [0.2, 0.25) is 11.7 Å². The number of nitrogen functional groups attached to an aromatic ring is 1. The van der Waals surface area contributed by atoms with Crippen molar-refractivity contribution in [2.24, 2.45) is 11.8 Å². The van der Waals surface area contributed by atoms with Crippen LogP contribution < -0.4 is 15.8 Å². The molecule has 0 radical (unpaired) electrons. The third-order valence-corrected chi connectivity index (χ3v) is 7.24. The number of carbonyl (C=O) groups excluding carboxylic acids is 1. The van der Waals surface area contributed by atoms with Crippen molar-refractivity contribution in [3.05, 3.63) is 36.4 Å². The molecule has 1 aromatic carbocycles. The van der Waals surface area contributed by atoms with Gasteiger partial charge in [-0.15, -0.1) is 0 Å². The molecule has 5 rings (SSSR count). The molecule has 2 aliphatic carbocycles. The van der Waals surface area contributed by atoms with Gasteiger partial charge in [0.05, 0.1) is 13.4 Å². The monoisotopic (exact) mass is 472 g/mol. The molecule has 0 bridgehead atoms. The van der Waals surface area contributed by atoms with Crippen molar-refractivity contribution in [1.82, 2.24) is 19.5 Å². The summed E-state index contributed by atoms with van der Waals surface area (Å²) < 4.78 is 7.34. The van der Waals surface area contributed by atoms with E-state index < -0.39 is 0 Å². The molecule has 0 spiro atoms. The second-order valence-electron chi connectivity index (χ2n) is 9.59. The lowest BCUT2D eigenvalue weighted by Crippen LogP contribution is -2.28. The second kappa shape index (κ2) is 10.3. The van der Waals surface area contributed by atoms with E-state index in [2.05, 4.69) is 31.7 Å². The lowest BCUT2D eigenvalue weighted by atomic mass is 9.85. The summed E-state index contributed by atoms with van der Waals surface area (Å²) in [6, 6.07) is 7.66. The maximum atomic E-state index is 12.8. The molecule has 35 heavy (non-hydrogen) atoms. The first-order valence-electron chi connectivity index (χ1n) is 12.6. The molecule has 0 unspecified atom stereocenters. The van der Waals surface area contributed by atoms with Crippen molar-refractivity contribution in [3.8, 4) is 17.6 Å². The zero-order valence-electron chi connectivity index (χ0n) is 20.2. The van der Waals surface area contributed by atoms with E-state index in [1.165, 1.54) is 19.3 Å². The van der Waals surface area contributed by atoms with Crippen molar-refractivity contribution in [3.63, 3.8) is 0 Å². The van der Waals surface area contributed by atoms with Crippen LogP contribution in [0.1, 0.15) is 69.7 Å². The Kier molecular flexibility index (Phi) is 6.84. The molecular formula is C27H32N6O2. The Morgan fingerprint density at radius 3 is 2.69 bits per heavy atom. The predicted molar refractivity (Wildman–Crippen MR) is 136 cm³/mol. The van der Waals surface area contributed by atoms with Crippen LogP contribution in [-0.2, 0) is 4.79 Å². The highest BCUT2D eigenvalue weighted by molar-refractivity contribution is 5.92. The van der Waals surface area contributed by atoms with E-state index in [1.807, 2.05) is 24.3 Å². The van der Waals surface area contributed by atoms with Gasteiger partial charge < -0.3 is 20.4 Å². The van der Waals surface area contributed by atoms with Crippen molar-refractivity contribution < 1.29 is 9.53 Å². The number of fused-ring (bicyclic) bond motifs is 1. The molecule has 1 amide bonds. The quantitative estimate of drug-likeness (QED) is 0.532. The molecule has 3 N–H and O–H groups in total. The molecular weight excluding hydrogens is 440 g/mol. The number of carbonyl (C=O) groups is 1. The fourth-order valence-electron chi connectivity index (χ4n) is 5.24. The van der Waals surface area contributed by atoms with Gasteiger partial charge in [-0.2, -0.15) is 0 Å². The van der Waals surface area contributed by atoms with E-state index in [9.17, 15) is 4.79 Å². The molecule has 8 nitrogen and oxygen atoms in total. The SMILES string of the molecule is COc1cccc(NC(=O)[C@H]2CC[C@@H](n3cnc4c(N)nc(C#CC5CCCCC5)nc43)CC2)c1. The van der Waals surface area contributed by atoms with Crippen LogP contribution in [0.4, 0.5) is 11.5 Å². The number of aromatic nitrogens is 4. The van der Waals surface area contributed by atoms with Gasteiger partial charge in [-0.3, -0.25) is 4.79 Å². The van der Waals surface area contributed by atoms with Gasteiger partial charge in [0, 0.05) is 29.6 Å². The number of imidazole rings is 1. The minimum absolute atomic E-state index is 0.0242. The molecule has 2 aromatic heterocycles. The maximum Gasteiger partial charge on any atom is 0.227 e. The van der Waals surface area contributed by atoms with E-state index in [4.69, 9.17) is 15.5 Å². The average molecular weight is 473 g/mol. The molecule has 182 valence electrons. The molecule has 0 saturated heterocycles. The number of nitrogens with one attached hydrogen (secondary N) is 1. The van der Waals surface area contributed by atoms with Gasteiger partial charge in [-0.1, -0.05) is 31.2 Å². The second-order valence-corrected chi connectivity index (χ2v) is 9.59. The standard InChI is InChI=1S/C27H32N6O2/c1-35-22-9-5-8-20(16-22)30-27(34)19-11-13-21(14-12-19)33-17-29-24-25(28)31-23(32-26(24)33)15-10-18-6-3-2-4-7-18/h5,8-9,16-19,21H,2-4,6-7,11-14H2,1H3,(H,30,34)(H2,28,31,32)/t19-,21+. The van der Waals surface area contributed by atoms with Gasteiger partial charge in [-0.25, -0.2) is 15.0 Å². The fourth-order valence-corrected chi connectivity index (χ4v) is 5.24. The van der Waals surface area contributed by atoms with Crippen molar-refractivity contribution in [2.75, 3.05) is 18.2 Å². The molecule has 2 aliphatic rings. The normalized spacial score (nSPS) is 20.7. The summed E-state index contributed by atoms with van der Waals surface area (Å²) in [6.07, 6.45) is 11.2. The largest absolute Gasteiger partial charge is 0.497 e. The number of methoxy groups -OCH3 is 1. The van der Waals surface area contributed by atoms with E-state index in [0.29, 0.717) is 23.1 Å². The first-order chi connectivity index (χ1) is 17.1. The predicted octanol–water partition coefficient (Wildman–Crippen LogP) is 4.72. The third kappa shape index (κ3) is 5.24. The van der Waals surface area contributed by atoms with E-state index in [1.54, 1.807) is 13.4 Å². The first-order valence-corrected chi connectivity index (χ1v) is 12.6. The first kappa shape index (κ1) is 23.2. The van der Waals surface area contributed by atoms with Gasteiger partial charge in [0.25, 0.3) is 0 Å². The maximum absolute atomic E-state index is 12.8. The molecule has 2 heterocycles. The Labute approximate surface area is 205 Å². The summed E-state index contributed by atoms with van der Waals surface area (Å²) in [5.41, 5.74) is 8.31. The van der Waals surface area contributed by atoms with Crippen LogP contribution in [0.2, 0.25) is 0 Å². The number of nitrogens with two attached hydrogens (primary N) is 1. The van der Waals surface area contributed by atoms with Gasteiger partial charge in [0.15, 0.2) is 11.5 Å². The number of anilines is 2. The summed E-state index contributed by atoms with van der Waals surface area (Å²) >= 11 is 0. The van der Waals surface area contributed by atoms with Crippen LogP contribution in [0.3, 0.4) is 0 Å². The van der Waals surface area contributed by atoms with Crippen LogP contribution in [0.25, 0.3) is 11.2 Å². The van der Waals surface area contributed by atoms with Crippen LogP contribution >= 0.6 is 0 Å². The lowest BCUT2D eigenvalue weighted by molar-refractivity contribution is -0.120. The topological polar surface area (TPSA) is 108 Å². The van der Waals surface area contributed by atoms with Gasteiger partial charge >= 0.3 is 0 Å². The van der Waals surface area contributed by atoms with Crippen LogP contribution in [0.15, 0.2) is 30.6 Å². The van der Waals surface area contributed by atoms with Gasteiger partial charge in [0.1, 0.15) is 11.3 Å². The highest BCUT2D eigenvalue weighted by atomic mass is 16.5. The van der Waals surface area contributed by atoms with Gasteiger partial charge in [-0.05, 0) is 56.6 Å². The number of hydrogen-bond donors (Lipinski definition) is 2. The minimum atomic E-state index is -0.0242. The van der Waals surface area contributed by atoms with Crippen LogP contribution in [0.5, 0.6) is 5.75 Å². The number of amides is 1.